The molecule has 0 bridgehead atoms. The molecule has 1 aromatic rings. The third-order valence-corrected chi connectivity index (χ3v) is 2.83. The van der Waals surface area contributed by atoms with Gasteiger partial charge in [-0.15, -0.1) is 0 Å². The average Bonchev–Trinajstić information content (AvgIpc) is 2.30. The molecule has 0 saturated heterocycles. The Labute approximate surface area is 75.4 Å². The minimum atomic E-state index is 0.658. The summed E-state index contributed by atoms with van der Waals surface area (Å²) in [5, 5.41) is 0. The van der Waals surface area contributed by atoms with E-state index in [1.165, 1.54) is 11.3 Å². The summed E-state index contributed by atoms with van der Waals surface area (Å²) >= 11 is 3.51. The molecule has 1 aliphatic rings. The topological polar surface area (TPSA) is 3.24 Å². The van der Waals surface area contributed by atoms with Gasteiger partial charge in [-0.3, -0.25) is 0 Å². The second-order valence-corrected chi connectivity index (χ2v) is 3.86. The van der Waals surface area contributed by atoms with Gasteiger partial charge >= 0.3 is 0 Å². The van der Waals surface area contributed by atoms with Gasteiger partial charge in [-0.1, -0.05) is 25.1 Å². The molecule has 0 spiro atoms. The van der Waals surface area contributed by atoms with Crippen molar-refractivity contribution in [2.24, 2.45) is 0 Å². The number of rotatable bonds is 0. The zero-order chi connectivity index (χ0) is 7.84. The molecule has 58 valence electrons. The van der Waals surface area contributed by atoms with Crippen molar-refractivity contribution in [1.82, 2.24) is 0 Å². The first kappa shape index (κ1) is 7.17. The monoisotopic (exact) mass is 211 g/mol. The fourth-order valence-corrected chi connectivity index (χ4v) is 2.32. The normalized spacial score (nSPS) is 22.0. The van der Waals surface area contributed by atoms with Gasteiger partial charge in [-0.25, -0.2) is 0 Å². The Bertz CT molecular complexity index is 245. The molecule has 0 aliphatic carbocycles. The Morgan fingerprint density at radius 1 is 1.45 bits per heavy atom. The number of benzene rings is 1. The quantitative estimate of drug-likeness (QED) is 0.597. The number of hydrogen-bond donors (Lipinski definition) is 0. The summed E-state index contributed by atoms with van der Waals surface area (Å²) < 4.78 is 2.13. The summed E-state index contributed by atoms with van der Waals surface area (Å²) in [6, 6.07) is 8.52. The molecular weight excluding hydrogens is 202 g/mol. The van der Waals surface area contributed by atoms with Crippen LogP contribution in [-0.2, 0) is 0 Å². The van der Waals surface area contributed by atoms with Gasteiger partial charge in [0, 0.05) is 28.6 Å². The third kappa shape index (κ3) is 1.06. The molecule has 0 saturated carbocycles. The number of anilines is 1. The van der Waals surface area contributed by atoms with E-state index in [1.807, 2.05) is 0 Å². The Kier molecular flexibility index (Phi) is 1.64. The number of halogens is 1. The van der Waals surface area contributed by atoms with Gasteiger partial charge < -0.3 is 3.93 Å². The van der Waals surface area contributed by atoms with E-state index in [-0.39, 0.29) is 0 Å². The number of fused-ring (bicyclic) bond motifs is 1. The van der Waals surface area contributed by atoms with E-state index in [1.54, 1.807) is 0 Å². The molecule has 11 heavy (non-hydrogen) atoms. The predicted molar refractivity (Wildman–Crippen MR) is 51.1 cm³/mol. The van der Waals surface area contributed by atoms with Crippen molar-refractivity contribution in [2.75, 3.05) is 10.5 Å². The van der Waals surface area contributed by atoms with Gasteiger partial charge in [0.2, 0.25) is 0 Å². The average molecular weight is 212 g/mol. The van der Waals surface area contributed by atoms with E-state index in [9.17, 15) is 0 Å². The molecule has 1 aliphatic heterocycles. The maximum atomic E-state index is 3.51. The van der Waals surface area contributed by atoms with Crippen molar-refractivity contribution < 1.29 is 0 Å². The molecule has 0 aromatic heterocycles. The van der Waals surface area contributed by atoms with Gasteiger partial charge in [-0.05, 0) is 11.6 Å². The van der Waals surface area contributed by atoms with Gasteiger partial charge in [0.05, 0.1) is 5.69 Å². The van der Waals surface area contributed by atoms with E-state index in [0.717, 1.165) is 6.54 Å². The molecule has 1 atom stereocenters. The van der Waals surface area contributed by atoms with Crippen LogP contribution in [0, 0.1) is 0 Å². The van der Waals surface area contributed by atoms with E-state index >= 15 is 0 Å². The smallest absolute Gasteiger partial charge is 0.0506 e. The van der Waals surface area contributed by atoms with Gasteiger partial charge in [0.1, 0.15) is 0 Å². The molecule has 2 heteroatoms. The van der Waals surface area contributed by atoms with Crippen LogP contribution >= 0.6 is 16.1 Å². The largest absolute Gasteiger partial charge is 0.308 e. The molecule has 1 nitrogen and oxygen atoms in total. The van der Waals surface area contributed by atoms with Crippen LogP contribution < -0.4 is 3.93 Å². The highest BCUT2D eigenvalue weighted by molar-refractivity contribution is 9.10. The van der Waals surface area contributed by atoms with Crippen LogP contribution in [0.4, 0.5) is 5.69 Å². The maximum absolute atomic E-state index is 3.51. The third-order valence-electron chi connectivity index (χ3n) is 2.16. The zero-order valence-corrected chi connectivity index (χ0v) is 8.01. The van der Waals surface area contributed by atoms with Crippen molar-refractivity contribution in [3.05, 3.63) is 29.8 Å². The molecule has 0 amide bonds. The van der Waals surface area contributed by atoms with Crippen LogP contribution in [0.1, 0.15) is 18.4 Å². The molecule has 1 heterocycles. The highest BCUT2D eigenvalue weighted by Crippen LogP contribution is 2.37. The molecule has 0 radical (unpaired) electrons. The van der Waals surface area contributed by atoms with Crippen molar-refractivity contribution in [2.45, 2.75) is 12.8 Å². The van der Waals surface area contributed by atoms with Crippen molar-refractivity contribution in [3.63, 3.8) is 0 Å². The summed E-state index contributed by atoms with van der Waals surface area (Å²) in [4.78, 5) is 0. The second kappa shape index (κ2) is 2.52. The molecule has 0 N–H and O–H groups in total. The lowest BCUT2D eigenvalue weighted by Gasteiger charge is -2.07. The van der Waals surface area contributed by atoms with Crippen LogP contribution in [0.5, 0.6) is 0 Å². The van der Waals surface area contributed by atoms with E-state index in [2.05, 4.69) is 51.3 Å². The van der Waals surface area contributed by atoms with Crippen LogP contribution in [0.25, 0.3) is 0 Å². The Balaban J connectivity index is 2.52. The minimum absolute atomic E-state index is 0.658. The fraction of sp³-hybridized carbons (Fsp3) is 0.333. The molecule has 1 unspecified atom stereocenters. The highest BCUT2D eigenvalue weighted by atomic mass is 79.9. The first-order valence-corrected chi connectivity index (χ1v) is 4.52. The van der Waals surface area contributed by atoms with E-state index < -0.39 is 0 Å². The van der Waals surface area contributed by atoms with Crippen LogP contribution in [0.3, 0.4) is 0 Å². The van der Waals surface area contributed by atoms with Gasteiger partial charge in [-0.2, -0.15) is 0 Å². The SMILES string of the molecule is CC1CN(Br)c2ccccc21. The van der Waals surface area contributed by atoms with E-state index in [0.29, 0.717) is 5.92 Å². The standard InChI is InChI=1S/C9H10BrN/c1-7-6-11(10)9-5-3-2-4-8(7)9/h2-5,7H,6H2,1H3. The van der Waals surface area contributed by atoms with Gasteiger partial charge in [0.25, 0.3) is 0 Å². The van der Waals surface area contributed by atoms with Crippen LogP contribution in [0.15, 0.2) is 24.3 Å². The summed E-state index contributed by atoms with van der Waals surface area (Å²) in [5.74, 6) is 0.658. The molecule has 0 fully saturated rings. The number of hydrogen-bond acceptors (Lipinski definition) is 1. The lowest BCUT2D eigenvalue weighted by Crippen LogP contribution is -2.05. The van der Waals surface area contributed by atoms with Crippen molar-refractivity contribution in [3.8, 4) is 0 Å². The lowest BCUT2D eigenvalue weighted by molar-refractivity contribution is 0.836. The lowest BCUT2D eigenvalue weighted by atomic mass is 10.0. The minimum Gasteiger partial charge on any atom is -0.308 e. The summed E-state index contributed by atoms with van der Waals surface area (Å²) in [6.07, 6.45) is 0. The maximum Gasteiger partial charge on any atom is 0.0506 e. The first-order chi connectivity index (χ1) is 5.29. The highest BCUT2D eigenvalue weighted by Gasteiger charge is 2.22. The second-order valence-electron chi connectivity index (χ2n) is 3.00. The van der Waals surface area contributed by atoms with Gasteiger partial charge in [0.15, 0.2) is 0 Å². The Morgan fingerprint density at radius 2 is 2.18 bits per heavy atom. The summed E-state index contributed by atoms with van der Waals surface area (Å²) in [7, 11) is 0. The van der Waals surface area contributed by atoms with Crippen LogP contribution in [0.2, 0.25) is 0 Å². The number of para-hydroxylation sites is 1. The number of nitrogens with zero attached hydrogens (tertiary/aromatic N) is 1. The Morgan fingerprint density at radius 3 is 2.91 bits per heavy atom. The molecular formula is C9H10BrN. The summed E-state index contributed by atoms with van der Waals surface area (Å²) in [5.41, 5.74) is 2.77. The predicted octanol–water partition coefficient (Wildman–Crippen LogP) is 2.92. The zero-order valence-electron chi connectivity index (χ0n) is 6.42. The Hall–Kier alpha value is -0.500. The molecule has 2 rings (SSSR count). The summed E-state index contributed by atoms with van der Waals surface area (Å²) in [6.45, 7) is 3.33. The first-order valence-electron chi connectivity index (χ1n) is 3.81. The molecule has 1 aromatic carbocycles. The van der Waals surface area contributed by atoms with E-state index in [4.69, 9.17) is 0 Å². The fourth-order valence-electron chi connectivity index (χ4n) is 1.56. The van der Waals surface area contributed by atoms with Crippen molar-refractivity contribution >= 4 is 21.8 Å². The van der Waals surface area contributed by atoms with Crippen LogP contribution in [-0.4, -0.2) is 6.54 Å². The van der Waals surface area contributed by atoms with Crippen molar-refractivity contribution in [1.29, 1.82) is 0 Å².